The Morgan fingerprint density at radius 2 is 2.03 bits per heavy atom. The minimum atomic E-state index is -0.468. The van der Waals surface area contributed by atoms with Gasteiger partial charge in [0, 0.05) is 24.4 Å². The predicted octanol–water partition coefficient (Wildman–Crippen LogP) is 4.80. The minimum absolute atomic E-state index is 0.0216. The SMILES string of the molecule is CC(=O)N(c1ccc(C)c(C)c1)c1nc(/C=N\Nc2cccc([N+](=O)[O-])c2)cs1. The Bertz CT molecular complexity index is 1090. The summed E-state index contributed by atoms with van der Waals surface area (Å²) >= 11 is 1.33. The van der Waals surface area contributed by atoms with Crippen LogP contribution >= 0.6 is 11.3 Å². The van der Waals surface area contributed by atoms with E-state index >= 15 is 0 Å². The molecule has 0 saturated heterocycles. The molecule has 0 aliphatic carbocycles. The number of carbonyl (C=O) groups excluding carboxylic acids is 1. The number of rotatable bonds is 6. The van der Waals surface area contributed by atoms with Crippen LogP contribution in [0.15, 0.2) is 52.9 Å². The summed E-state index contributed by atoms with van der Waals surface area (Å²) in [5, 5.41) is 17.2. The Morgan fingerprint density at radius 3 is 2.72 bits per heavy atom. The summed E-state index contributed by atoms with van der Waals surface area (Å²) < 4.78 is 0. The standard InChI is InChI=1S/C20H19N5O3S/c1-13-7-8-18(9-14(13)2)24(15(3)26)20-22-17(12-29-20)11-21-23-16-5-4-6-19(10-16)25(27)28/h4-12,23H,1-3H3/b21-11-. The van der Waals surface area contributed by atoms with Gasteiger partial charge in [-0.2, -0.15) is 5.10 Å². The van der Waals surface area contributed by atoms with E-state index in [0.29, 0.717) is 16.5 Å². The quantitative estimate of drug-likeness (QED) is 0.358. The van der Waals surface area contributed by atoms with Gasteiger partial charge in [-0.3, -0.25) is 25.2 Å². The summed E-state index contributed by atoms with van der Waals surface area (Å²) in [6.07, 6.45) is 1.50. The number of amides is 1. The van der Waals surface area contributed by atoms with Crippen LogP contribution in [0, 0.1) is 24.0 Å². The van der Waals surface area contributed by atoms with E-state index in [1.54, 1.807) is 22.4 Å². The molecule has 148 valence electrons. The number of nitrogens with one attached hydrogen (secondary N) is 1. The smallest absolute Gasteiger partial charge is 0.271 e. The molecule has 0 unspecified atom stereocenters. The van der Waals surface area contributed by atoms with Crippen molar-refractivity contribution in [2.75, 3.05) is 10.3 Å². The molecule has 8 nitrogen and oxygen atoms in total. The number of nitro benzene ring substituents is 1. The van der Waals surface area contributed by atoms with E-state index in [9.17, 15) is 14.9 Å². The van der Waals surface area contributed by atoms with Crippen LogP contribution in [0.4, 0.5) is 22.2 Å². The molecule has 1 aromatic heterocycles. The Kier molecular flexibility index (Phi) is 5.99. The molecule has 0 radical (unpaired) electrons. The molecular weight excluding hydrogens is 390 g/mol. The van der Waals surface area contributed by atoms with Gasteiger partial charge < -0.3 is 0 Å². The van der Waals surface area contributed by atoms with Gasteiger partial charge in [0.25, 0.3) is 5.69 Å². The van der Waals surface area contributed by atoms with Gasteiger partial charge in [-0.25, -0.2) is 4.98 Å². The molecule has 0 atom stereocenters. The first-order valence-corrected chi connectivity index (χ1v) is 9.60. The highest BCUT2D eigenvalue weighted by atomic mass is 32.1. The molecule has 0 fully saturated rings. The lowest BCUT2D eigenvalue weighted by atomic mass is 10.1. The fourth-order valence-electron chi connectivity index (χ4n) is 2.59. The number of thiazole rings is 1. The van der Waals surface area contributed by atoms with E-state index in [4.69, 9.17) is 0 Å². The molecule has 1 N–H and O–H groups in total. The maximum atomic E-state index is 12.2. The molecule has 0 saturated carbocycles. The van der Waals surface area contributed by atoms with Crippen molar-refractivity contribution in [1.82, 2.24) is 4.98 Å². The number of hydrogen-bond acceptors (Lipinski definition) is 7. The van der Waals surface area contributed by atoms with Gasteiger partial charge >= 0.3 is 0 Å². The van der Waals surface area contributed by atoms with Gasteiger partial charge in [-0.05, 0) is 43.2 Å². The number of benzene rings is 2. The van der Waals surface area contributed by atoms with Crippen LogP contribution in [0.1, 0.15) is 23.7 Å². The van der Waals surface area contributed by atoms with Crippen molar-refractivity contribution in [1.29, 1.82) is 0 Å². The molecular formula is C20H19N5O3S. The molecule has 0 aliphatic heterocycles. The topological polar surface area (TPSA) is 101 Å². The van der Waals surface area contributed by atoms with Gasteiger partial charge in [-0.15, -0.1) is 11.3 Å². The van der Waals surface area contributed by atoms with E-state index in [1.807, 2.05) is 32.0 Å². The highest BCUT2D eigenvalue weighted by Crippen LogP contribution is 2.30. The Labute approximate surface area is 171 Å². The number of nitro groups is 1. The molecule has 0 aliphatic rings. The van der Waals surface area contributed by atoms with Crippen molar-refractivity contribution in [3.63, 3.8) is 0 Å². The van der Waals surface area contributed by atoms with Crippen molar-refractivity contribution in [2.24, 2.45) is 5.10 Å². The van der Waals surface area contributed by atoms with Crippen LogP contribution in [0.25, 0.3) is 0 Å². The highest BCUT2D eigenvalue weighted by molar-refractivity contribution is 7.14. The number of hydrogen-bond donors (Lipinski definition) is 1. The lowest BCUT2D eigenvalue weighted by Gasteiger charge is -2.19. The number of aryl methyl sites for hydroxylation is 2. The van der Waals surface area contributed by atoms with Crippen molar-refractivity contribution < 1.29 is 9.72 Å². The molecule has 2 aromatic carbocycles. The van der Waals surface area contributed by atoms with Crippen LogP contribution in [-0.2, 0) is 4.79 Å². The summed E-state index contributed by atoms with van der Waals surface area (Å²) in [5.41, 5.74) is 6.78. The Balaban J connectivity index is 1.77. The number of nitrogens with zero attached hydrogens (tertiary/aromatic N) is 4. The van der Waals surface area contributed by atoms with Gasteiger partial charge in [0.15, 0.2) is 5.13 Å². The molecule has 1 heterocycles. The first-order valence-electron chi connectivity index (χ1n) is 8.72. The number of hydrazone groups is 1. The zero-order valence-corrected chi connectivity index (χ0v) is 16.9. The third-order valence-corrected chi connectivity index (χ3v) is 5.06. The number of aromatic nitrogens is 1. The predicted molar refractivity (Wildman–Crippen MR) is 115 cm³/mol. The van der Waals surface area contributed by atoms with Gasteiger partial charge in [0.2, 0.25) is 5.91 Å². The van der Waals surface area contributed by atoms with E-state index < -0.39 is 4.92 Å². The van der Waals surface area contributed by atoms with Crippen molar-refractivity contribution >= 4 is 45.7 Å². The molecule has 0 bridgehead atoms. The van der Waals surface area contributed by atoms with E-state index in [0.717, 1.165) is 16.8 Å². The van der Waals surface area contributed by atoms with E-state index in [-0.39, 0.29) is 11.6 Å². The summed E-state index contributed by atoms with van der Waals surface area (Å²) in [6, 6.07) is 11.9. The number of non-ortho nitro benzene ring substituents is 1. The average molecular weight is 409 g/mol. The molecule has 3 aromatic rings. The second-order valence-electron chi connectivity index (χ2n) is 6.36. The van der Waals surface area contributed by atoms with Gasteiger partial charge in [-0.1, -0.05) is 12.1 Å². The fraction of sp³-hybridized carbons (Fsp3) is 0.150. The second-order valence-corrected chi connectivity index (χ2v) is 7.19. The summed E-state index contributed by atoms with van der Waals surface area (Å²) in [5.74, 6) is -0.138. The molecule has 1 amide bonds. The maximum Gasteiger partial charge on any atom is 0.271 e. The number of anilines is 3. The second kappa shape index (κ2) is 8.61. The Hall–Kier alpha value is -3.59. The molecule has 29 heavy (non-hydrogen) atoms. The number of carbonyl (C=O) groups is 1. The lowest BCUT2D eigenvalue weighted by Crippen LogP contribution is -2.22. The van der Waals surface area contributed by atoms with Crippen LogP contribution in [0.3, 0.4) is 0 Å². The summed E-state index contributed by atoms with van der Waals surface area (Å²) in [7, 11) is 0. The normalized spacial score (nSPS) is 10.9. The van der Waals surface area contributed by atoms with E-state index in [2.05, 4.69) is 15.5 Å². The van der Waals surface area contributed by atoms with Crippen molar-refractivity contribution in [3.8, 4) is 0 Å². The van der Waals surface area contributed by atoms with Crippen LogP contribution in [-0.4, -0.2) is 22.0 Å². The fourth-order valence-corrected chi connectivity index (χ4v) is 3.43. The third kappa shape index (κ3) is 4.82. The first kappa shape index (κ1) is 20.2. The van der Waals surface area contributed by atoms with Gasteiger partial charge in [0.1, 0.15) is 0 Å². The zero-order chi connectivity index (χ0) is 21.0. The van der Waals surface area contributed by atoms with E-state index in [1.165, 1.54) is 36.6 Å². The van der Waals surface area contributed by atoms with Crippen LogP contribution in [0.2, 0.25) is 0 Å². The first-order chi connectivity index (χ1) is 13.8. The highest BCUT2D eigenvalue weighted by Gasteiger charge is 2.18. The summed E-state index contributed by atoms with van der Waals surface area (Å²) in [6.45, 7) is 5.51. The third-order valence-electron chi connectivity index (χ3n) is 4.21. The van der Waals surface area contributed by atoms with Crippen molar-refractivity contribution in [3.05, 3.63) is 74.8 Å². The van der Waals surface area contributed by atoms with Crippen molar-refractivity contribution in [2.45, 2.75) is 20.8 Å². The lowest BCUT2D eigenvalue weighted by molar-refractivity contribution is -0.384. The maximum absolute atomic E-state index is 12.2. The molecule has 9 heteroatoms. The van der Waals surface area contributed by atoms with Crippen LogP contribution in [0.5, 0.6) is 0 Å². The summed E-state index contributed by atoms with van der Waals surface area (Å²) in [4.78, 5) is 28.6. The largest absolute Gasteiger partial charge is 0.278 e. The van der Waals surface area contributed by atoms with Gasteiger partial charge in [0.05, 0.1) is 28.2 Å². The average Bonchev–Trinajstić information content (AvgIpc) is 3.13. The Morgan fingerprint density at radius 1 is 1.24 bits per heavy atom. The minimum Gasteiger partial charge on any atom is -0.278 e. The molecule has 0 spiro atoms. The zero-order valence-electron chi connectivity index (χ0n) is 16.1. The molecule has 3 rings (SSSR count). The van der Waals surface area contributed by atoms with Crippen LogP contribution < -0.4 is 10.3 Å². The monoisotopic (exact) mass is 409 g/mol.